The summed E-state index contributed by atoms with van der Waals surface area (Å²) in [4.78, 5) is 0. The summed E-state index contributed by atoms with van der Waals surface area (Å²) in [5.41, 5.74) is 4.11. The minimum Gasteiger partial charge on any atom is -0.271 e. The van der Waals surface area contributed by atoms with E-state index < -0.39 is 0 Å². The normalized spacial score (nSPS) is 18.4. The lowest BCUT2D eigenvalue weighted by atomic mass is 9.80. The van der Waals surface area contributed by atoms with Gasteiger partial charge in [0.05, 0.1) is 22.4 Å². The zero-order valence-corrected chi connectivity index (χ0v) is 11.2. The Morgan fingerprint density at radius 1 is 1.69 bits per heavy atom. The quantitative estimate of drug-likeness (QED) is 0.645. The van der Waals surface area contributed by atoms with Crippen LogP contribution in [0.25, 0.3) is 0 Å². The Hall–Kier alpha value is -0.390. The van der Waals surface area contributed by atoms with Gasteiger partial charge in [0.25, 0.3) is 0 Å². The van der Waals surface area contributed by atoms with Crippen LogP contribution < -0.4 is 11.3 Å². The fourth-order valence-electron chi connectivity index (χ4n) is 2.29. The maximum Gasteiger partial charge on any atom is 0.0709 e. The summed E-state index contributed by atoms with van der Waals surface area (Å²) in [6.45, 7) is 2.98. The van der Waals surface area contributed by atoms with Crippen LogP contribution in [0.1, 0.15) is 44.3 Å². The zero-order chi connectivity index (χ0) is 11.5. The molecular weight excluding hydrogens is 268 g/mol. The van der Waals surface area contributed by atoms with E-state index in [1.807, 2.05) is 10.9 Å². The second-order valence-electron chi connectivity index (χ2n) is 4.45. The van der Waals surface area contributed by atoms with Gasteiger partial charge in [0.1, 0.15) is 0 Å². The van der Waals surface area contributed by atoms with Crippen molar-refractivity contribution in [2.24, 2.45) is 11.8 Å². The molecule has 3 N–H and O–H groups in total. The molecule has 5 heteroatoms. The first-order valence-corrected chi connectivity index (χ1v) is 6.72. The fraction of sp³-hybridized carbons (Fsp3) is 0.727. The predicted molar refractivity (Wildman–Crippen MR) is 67.6 cm³/mol. The number of nitrogens with one attached hydrogen (secondary N) is 1. The zero-order valence-electron chi connectivity index (χ0n) is 9.62. The first-order valence-electron chi connectivity index (χ1n) is 5.93. The highest BCUT2D eigenvalue weighted by molar-refractivity contribution is 9.10. The maximum absolute atomic E-state index is 5.67. The van der Waals surface area contributed by atoms with Gasteiger partial charge in [-0.05, 0) is 35.2 Å². The highest BCUT2D eigenvalue weighted by Crippen LogP contribution is 2.36. The van der Waals surface area contributed by atoms with Crippen LogP contribution in [-0.4, -0.2) is 9.78 Å². The molecule has 0 aliphatic heterocycles. The van der Waals surface area contributed by atoms with Gasteiger partial charge in [-0.25, -0.2) is 0 Å². The molecule has 1 aliphatic rings. The third-order valence-electron chi connectivity index (χ3n) is 3.46. The molecular formula is C11H19BrN4. The standard InChI is InChI=1S/C11H19BrN4/c1-2-16-11(9(12)7-14-16)10(15-13)6-8-4-3-5-8/h7-8,10,15H,2-6,13H2,1H3. The van der Waals surface area contributed by atoms with Crippen LogP contribution in [0.15, 0.2) is 10.7 Å². The van der Waals surface area contributed by atoms with E-state index in [9.17, 15) is 0 Å². The van der Waals surface area contributed by atoms with Gasteiger partial charge in [-0.2, -0.15) is 5.10 Å². The van der Waals surface area contributed by atoms with Crippen LogP contribution in [0.3, 0.4) is 0 Å². The maximum atomic E-state index is 5.67. The smallest absolute Gasteiger partial charge is 0.0709 e. The SMILES string of the molecule is CCn1ncc(Br)c1C(CC1CCC1)NN. The monoisotopic (exact) mass is 286 g/mol. The lowest BCUT2D eigenvalue weighted by molar-refractivity contribution is 0.256. The molecule has 1 fully saturated rings. The topological polar surface area (TPSA) is 55.9 Å². The average molecular weight is 287 g/mol. The van der Waals surface area contributed by atoms with Crippen LogP contribution in [0.4, 0.5) is 0 Å². The van der Waals surface area contributed by atoms with Crippen LogP contribution in [-0.2, 0) is 6.54 Å². The Morgan fingerprint density at radius 2 is 2.44 bits per heavy atom. The van der Waals surface area contributed by atoms with E-state index in [-0.39, 0.29) is 6.04 Å². The van der Waals surface area contributed by atoms with Crippen molar-refractivity contribution in [3.63, 3.8) is 0 Å². The number of halogens is 1. The van der Waals surface area contributed by atoms with Crippen molar-refractivity contribution in [1.29, 1.82) is 0 Å². The Balaban J connectivity index is 2.13. The molecule has 0 amide bonds. The molecule has 1 unspecified atom stereocenters. The average Bonchev–Trinajstić information content (AvgIpc) is 2.59. The van der Waals surface area contributed by atoms with Gasteiger partial charge < -0.3 is 0 Å². The number of aromatic nitrogens is 2. The number of hydrazine groups is 1. The fourth-order valence-corrected chi connectivity index (χ4v) is 2.86. The summed E-state index contributed by atoms with van der Waals surface area (Å²) >= 11 is 3.55. The molecule has 0 spiro atoms. The Kier molecular flexibility index (Phi) is 4.00. The minimum atomic E-state index is 0.210. The Bertz CT molecular complexity index is 346. The largest absolute Gasteiger partial charge is 0.271 e. The molecule has 1 aromatic rings. The van der Waals surface area contributed by atoms with Crippen molar-refractivity contribution in [3.05, 3.63) is 16.4 Å². The first-order chi connectivity index (χ1) is 7.76. The summed E-state index contributed by atoms with van der Waals surface area (Å²) in [6, 6.07) is 0.210. The molecule has 2 rings (SSSR count). The summed E-state index contributed by atoms with van der Waals surface area (Å²) in [6.07, 6.45) is 7.02. The van der Waals surface area contributed by atoms with Gasteiger partial charge in [0.15, 0.2) is 0 Å². The molecule has 1 heterocycles. The minimum absolute atomic E-state index is 0.210. The van der Waals surface area contributed by atoms with Gasteiger partial charge in [0, 0.05) is 6.54 Å². The van der Waals surface area contributed by atoms with Crippen LogP contribution >= 0.6 is 15.9 Å². The Morgan fingerprint density at radius 3 is 2.94 bits per heavy atom. The van der Waals surface area contributed by atoms with Crippen LogP contribution in [0, 0.1) is 5.92 Å². The van der Waals surface area contributed by atoms with Crippen LogP contribution in [0.2, 0.25) is 0 Å². The predicted octanol–water partition coefficient (Wildman–Crippen LogP) is 2.36. The van der Waals surface area contributed by atoms with E-state index in [2.05, 4.69) is 33.4 Å². The highest BCUT2D eigenvalue weighted by atomic mass is 79.9. The van der Waals surface area contributed by atoms with Crippen molar-refractivity contribution in [1.82, 2.24) is 15.2 Å². The van der Waals surface area contributed by atoms with E-state index in [4.69, 9.17) is 5.84 Å². The number of nitrogens with two attached hydrogens (primary N) is 1. The molecule has 0 saturated heterocycles. The van der Waals surface area contributed by atoms with Crippen molar-refractivity contribution in [2.45, 2.75) is 45.2 Å². The molecule has 1 aromatic heterocycles. The Labute approximate surface area is 105 Å². The summed E-state index contributed by atoms with van der Waals surface area (Å²) < 4.78 is 3.06. The number of hydrogen-bond donors (Lipinski definition) is 2. The molecule has 0 radical (unpaired) electrons. The van der Waals surface area contributed by atoms with E-state index in [0.717, 1.165) is 23.4 Å². The first kappa shape index (κ1) is 12.1. The second-order valence-corrected chi connectivity index (χ2v) is 5.30. The molecule has 0 bridgehead atoms. The van der Waals surface area contributed by atoms with Gasteiger partial charge in [-0.15, -0.1) is 0 Å². The molecule has 1 aliphatic carbocycles. The molecule has 0 aromatic carbocycles. The van der Waals surface area contributed by atoms with E-state index in [1.54, 1.807) is 0 Å². The molecule has 1 atom stereocenters. The van der Waals surface area contributed by atoms with Crippen molar-refractivity contribution >= 4 is 15.9 Å². The second kappa shape index (κ2) is 5.29. The number of aryl methyl sites for hydroxylation is 1. The van der Waals surface area contributed by atoms with E-state index in [0.29, 0.717) is 0 Å². The van der Waals surface area contributed by atoms with Crippen LogP contribution in [0.5, 0.6) is 0 Å². The van der Waals surface area contributed by atoms with Crippen molar-refractivity contribution < 1.29 is 0 Å². The number of nitrogens with zero attached hydrogens (tertiary/aromatic N) is 2. The number of hydrogen-bond acceptors (Lipinski definition) is 3. The van der Waals surface area contributed by atoms with Gasteiger partial charge in [0.2, 0.25) is 0 Å². The van der Waals surface area contributed by atoms with Crippen molar-refractivity contribution in [2.75, 3.05) is 0 Å². The van der Waals surface area contributed by atoms with Gasteiger partial charge >= 0.3 is 0 Å². The summed E-state index contributed by atoms with van der Waals surface area (Å²) in [5, 5.41) is 4.33. The summed E-state index contributed by atoms with van der Waals surface area (Å²) in [5.74, 6) is 6.50. The third-order valence-corrected chi connectivity index (χ3v) is 4.07. The molecule has 16 heavy (non-hydrogen) atoms. The molecule has 90 valence electrons. The number of rotatable bonds is 5. The molecule has 1 saturated carbocycles. The lowest BCUT2D eigenvalue weighted by Crippen LogP contribution is -2.32. The lowest BCUT2D eigenvalue weighted by Gasteiger charge is -2.29. The third kappa shape index (κ3) is 2.31. The van der Waals surface area contributed by atoms with E-state index in [1.165, 1.54) is 25.0 Å². The van der Waals surface area contributed by atoms with Gasteiger partial charge in [-0.1, -0.05) is 19.3 Å². The van der Waals surface area contributed by atoms with E-state index >= 15 is 0 Å². The van der Waals surface area contributed by atoms with Crippen molar-refractivity contribution in [3.8, 4) is 0 Å². The van der Waals surface area contributed by atoms with Gasteiger partial charge in [-0.3, -0.25) is 16.0 Å². The molecule has 4 nitrogen and oxygen atoms in total. The summed E-state index contributed by atoms with van der Waals surface area (Å²) in [7, 11) is 0. The highest BCUT2D eigenvalue weighted by Gasteiger charge is 2.25.